The average molecular weight is 328 g/mol. The van der Waals surface area contributed by atoms with Gasteiger partial charge in [-0.05, 0) is 18.6 Å². The SMILES string of the molecule is CCC1(Cl)C(O)=C(C(=O)Nc2ccccc2)C(=O)CC1Cl. The molecular formula is C15H15Cl2NO3. The van der Waals surface area contributed by atoms with Crippen LogP contribution in [-0.4, -0.2) is 27.0 Å². The van der Waals surface area contributed by atoms with Gasteiger partial charge in [0.25, 0.3) is 5.91 Å². The van der Waals surface area contributed by atoms with Crippen molar-refractivity contribution in [3.05, 3.63) is 41.7 Å². The van der Waals surface area contributed by atoms with Crippen molar-refractivity contribution in [2.24, 2.45) is 0 Å². The van der Waals surface area contributed by atoms with Crippen LogP contribution in [0.25, 0.3) is 0 Å². The van der Waals surface area contributed by atoms with Crippen molar-refractivity contribution in [1.82, 2.24) is 0 Å². The van der Waals surface area contributed by atoms with Gasteiger partial charge in [-0.3, -0.25) is 9.59 Å². The number of anilines is 1. The van der Waals surface area contributed by atoms with E-state index in [0.29, 0.717) is 12.1 Å². The molecule has 0 saturated carbocycles. The maximum atomic E-state index is 12.2. The normalized spacial score (nSPS) is 25.9. The van der Waals surface area contributed by atoms with Crippen LogP contribution < -0.4 is 5.32 Å². The zero-order chi connectivity index (χ0) is 15.6. The van der Waals surface area contributed by atoms with Gasteiger partial charge in [-0.25, -0.2) is 0 Å². The lowest BCUT2D eigenvalue weighted by atomic mass is 9.84. The number of ketones is 1. The highest BCUT2D eigenvalue weighted by Crippen LogP contribution is 2.42. The monoisotopic (exact) mass is 327 g/mol. The molecule has 2 rings (SSSR count). The van der Waals surface area contributed by atoms with Crippen molar-refractivity contribution < 1.29 is 14.7 Å². The van der Waals surface area contributed by atoms with Crippen molar-refractivity contribution in [3.8, 4) is 0 Å². The highest BCUT2D eigenvalue weighted by Gasteiger charge is 2.47. The zero-order valence-electron chi connectivity index (χ0n) is 11.4. The second-order valence-corrected chi connectivity index (χ2v) is 6.06. The van der Waals surface area contributed by atoms with Gasteiger partial charge in [0.05, 0.1) is 5.38 Å². The minimum absolute atomic E-state index is 0.0828. The lowest BCUT2D eigenvalue weighted by Crippen LogP contribution is -2.44. The number of allylic oxidation sites excluding steroid dienone is 1. The van der Waals surface area contributed by atoms with Crippen LogP contribution in [0.3, 0.4) is 0 Å². The smallest absolute Gasteiger partial charge is 0.262 e. The standard InChI is InChI=1S/C15H15Cl2NO3/c1-2-15(17)11(16)8-10(19)12(13(15)20)14(21)18-9-6-4-3-5-7-9/h3-7,11,20H,2,8H2,1H3,(H,18,21). The molecule has 1 amide bonds. The number of halogens is 2. The van der Waals surface area contributed by atoms with Crippen LogP contribution in [0, 0.1) is 0 Å². The van der Waals surface area contributed by atoms with Gasteiger partial charge in [-0.1, -0.05) is 25.1 Å². The third-order valence-electron chi connectivity index (χ3n) is 3.54. The topological polar surface area (TPSA) is 66.4 Å². The van der Waals surface area contributed by atoms with Crippen LogP contribution in [0.5, 0.6) is 0 Å². The van der Waals surface area contributed by atoms with Crippen molar-refractivity contribution in [2.45, 2.75) is 30.0 Å². The number of para-hydroxylation sites is 1. The summed E-state index contributed by atoms with van der Waals surface area (Å²) in [5, 5.41) is 12.1. The fourth-order valence-corrected chi connectivity index (χ4v) is 2.82. The number of nitrogens with one attached hydrogen (secondary N) is 1. The molecule has 0 bridgehead atoms. The number of aliphatic hydroxyl groups is 1. The number of carbonyl (C=O) groups excluding carboxylic acids is 2. The minimum Gasteiger partial charge on any atom is -0.509 e. The first-order valence-corrected chi connectivity index (χ1v) is 7.38. The molecule has 1 aromatic carbocycles. The summed E-state index contributed by atoms with van der Waals surface area (Å²) in [5.74, 6) is -1.63. The molecule has 1 aliphatic rings. The van der Waals surface area contributed by atoms with Gasteiger partial charge >= 0.3 is 0 Å². The first-order chi connectivity index (χ1) is 9.90. The number of carbonyl (C=O) groups is 2. The Morgan fingerprint density at radius 1 is 1.43 bits per heavy atom. The predicted molar refractivity (Wildman–Crippen MR) is 82.9 cm³/mol. The van der Waals surface area contributed by atoms with E-state index in [9.17, 15) is 14.7 Å². The fraction of sp³-hybridized carbons (Fsp3) is 0.333. The van der Waals surface area contributed by atoms with Crippen LogP contribution in [0.2, 0.25) is 0 Å². The number of alkyl halides is 2. The molecule has 21 heavy (non-hydrogen) atoms. The van der Waals surface area contributed by atoms with E-state index in [2.05, 4.69) is 5.32 Å². The van der Waals surface area contributed by atoms with E-state index in [0.717, 1.165) is 0 Å². The molecule has 4 nitrogen and oxygen atoms in total. The first-order valence-electron chi connectivity index (χ1n) is 6.56. The Morgan fingerprint density at radius 2 is 2.05 bits per heavy atom. The van der Waals surface area contributed by atoms with Crippen LogP contribution in [0.1, 0.15) is 19.8 Å². The summed E-state index contributed by atoms with van der Waals surface area (Å²) >= 11 is 12.4. The molecule has 0 spiro atoms. The second kappa shape index (κ2) is 6.08. The maximum Gasteiger partial charge on any atom is 0.262 e. The third kappa shape index (κ3) is 2.92. The lowest BCUT2D eigenvalue weighted by Gasteiger charge is -2.34. The lowest BCUT2D eigenvalue weighted by molar-refractivity contribution is -0.121. The largest absolute Gasteiger partial charge is 0.509 e. The molecule has 6 heteroatoms. The van der Waals surface area contributed by atoms with Crippen LogP contribution in [-0.2, 0) is 9.59 Å². The summed E-state index contributed by atoms with van der Waals surface area (Å²) in [6, 6.07) is 8.66. The summed E-state index contributed by atoms with van der Waals surface area (Å²) in [5.41, 5.74) is 0.216. The van der Waals surface area contributed by atoms with E-state index in [-0.39, 0.29) is 12.0 Å². The number of rotatable bonds is 3. The quantitative estimate of drug-likeness (QED) is 0.660. The van der Waals surface area contributed by atoms with E-state index in [1.165, 1.54) is 0 Å². The van der Waals surface area contributed by atoms with E-state index in [1.807, 2.05) is 0 Å². The molecule has 1 aromatic rings. The van der Waals surface area contributed by atoms with Gasteiger partial charge in [-0.2, -0.15) is 0 Å². The third-order valence-corrected chi connectivity index (χ3v) is 4.89. The van der Waals surface area contributed by atoms with Crippen LogP contribution >= 0.6 is 23.2 Å². The van der Waals surface area contributed by atoms with Gasteiger partial charge in [0.2, 0.25) is 0 Å². The van der Waals surface area contributed by atoms with Gasteiger partial charge in [-0.15, -0.1) is 23.2 Å². The summed E-state index contributed by atoms with van der Waals surface area (Å²) in [6.45, 7) is 1.74. The zero-order valence-corrected chi connectivity index (χ0v) is 12.9. The number of hydrogen-bond acceptors (Lipinski definition) is 3. The Balaban J connectivity index is 2.36. The Kier molecular flexibility index (Phi) is 4.59. The molecule has 0 aliphatic heterocycles. The van der Waals surface area contributed by atoms with Crippen molar-refractivity contribution in [3.63, 3.8) is 0 Å². The molecule has 2 unspecified atom stereocenters. The summed E-state index contributed by atoms with van der Waals surface area (Å²) in [4.78, 5) is 23.0. The van der Waals surface area contributed by atoms with Gasteiger partial charge in [0, 0.05) is 12.1 Å². The Hall–Kier alpha value is -1.52. The van der Waals surface area contributed by atoms with Crippen LogP contribution in [0.15, 0.2) is 41.7 Å². The van der Waals surface area contributed by atoms with Gasteiger partial charge < -0.3 is 10.4 Å². The average Bonchev–Trinajstić information content (AvgIpc) is 2.46. The van der Waals surface area contributed by atoms with Crippen molar-refractivity contribution >= 4 is 40.6 Å². The predicted octanol–water partition coefficient (Wildman–Crippen LogP) is 3.41. The van der Waals surface area contributed by atoms with E-state index < -0.39 is 27.7 Å². The molecule has 1 aliphatic carbocycles. The molecule has 112 valence electrons. The van der Waals surface area contributed by atoms with Crippen LogP contribution in [0.4, 0.5) is 5.69 Å². The first kappa shape index (κ1) is 15.9. The fourth-order valence-electron chi connectivity index (χ4n) is 2.25. The van der Waals surface area contributed by atoms with E-state index in [1.54, 1.807) is 37.3 Å². The number of benzene rings is 1. The van der Waals surface area contributed by atoms with Gasteiger partial charge in [0.1, 0.15) is 16.2 Å². The second-order valence-electron chi connectivity index (χ2n) is 4.85. The van der Waals surface area contributed by atoms with Crippen molar-refractivity contribution in [1.29, 1.82) is 0 Å². The minimum atomic E-state index is -1.29. The number of amides is 1. The van der Waals surface area contributed by atoms with E-state index in [4.69, 9.17) is 23.2 Å². The molecule has 0 heterocycles. The molecule has 0 radical (unpaired) electrons. The number of aliphatic hydroxyl groups excluding tert-OH is 1. The molecule has 0 fully saturated rings. The summed E-state index contributed by atoms with van der Waals surface area (Å²) < 4.78 is 0. The molecule has 2 atom stereocenters. The van der Waals surface area contributed by atoms with Gasteiger partial charge in [0.15, 0.2) is 5.78 Å². The van der Waals surface area contributed by atoms with Crippen molar-refractivity contribution in [2.75, 3.05) is 5.32 Å². The number of Topliss-reactive ketones (excluding diaryl/α,β-unsaturated/α-hetero) is 1. The summed E-state index contributed by atoms with van der Waals surface area (Å²) in [6.07, 6.45) is 0.227. The van der Waals surface area contributed by atoms with E-state index >= 15 is 0 Å². The summed E-state index contributed by atoms with van der Waals surface area (Å²) in [7, 11) is 0. The Labute approximate surface area is 132 Å². The Bertz CT molecular complexity index is 600. The molecule has 2 N–H and O–H groups in total. The Morgan fingerprint density at radius 3 is 2.62 bits per heavy atom. The molecule has 0 saturated heterocycles. The number of hydrogen-bond donors (Lipinski definition) is 2. The molecular weight excluding hydrogens is 313 g/mol. The molecule has 0 aromatic heterocycles. The highest BCUT2D eigenvalue weighted by molar-refractivity contribution is 6.38. The highest BCUT2D eigenvalue weighted by atomic mass is 35.5. The maximum absolute atomic E-state index is 12.2.